The van der Waals surface area contributed by atoms with Crippen LogP contribution >= 0.6 is 0 Å². The minimum absolute atomic E-state index is 0.307. The summed E-state index contributed by atoms with van der Waals surface area (Å²) in [7, 11) is 1.76. The number of nitrogens with zero attached hydrogens (tertiary/aromatic N) is 2. The Kier molecular flexibility index (Phi) is 3.54. The molecule has 0 atom stereocenters. The van der Waals surface area contributed by atoms with Crippen molar-refractivity contribution in [3.63, 3.8) is 0 Å². The van der Waals surface area contributed by atoms with Gasteiger partial charge in [0, 0.05) is 20.1 Å². The van der Waals surface area contributed by atoms with Crippen molar-refractivity contribution in [1.29, 1.82) is 0 Å². The molecule has 4 nitrogen and oxygen atoms in total. The molecule has 0 saturated heterocycles. The van der Waals surface area contributed by atoms with E-state index < -0.39 is 5.60 Å². The largest absolute Gasteiger partial charge is 0.443 e. The Morgan fingerprint density at radius 1 is 1.32 bits per heavy atom. The number of amides is 1. The second-order valence-corrected chi connectivity index (χ2v) is 6.04. The van der Waals surface area contributed by atoms with Crippen LogP contribution in [0.4, 0.5) is 4.79 Å². The molecule has 1 heterocycles. The van der Waals surface area contributed by atoms with Gasteiger partial charge in [-0.15, -0.1) is 0 Å². The predicted octanol–water partition coefficient (Wildman–Crippen LogP) is 3.09. The monoisotopic (exact) mass is 262 g/mol. The molecule has 0 aromatic heterocycles. The zero-order chi connectivity index (χ0) is 14.2. The minimum atomic E-state index is -0.464. The van der Waals surface area contributed by atoms with E-state index in [1.165, 1.54) is 16.7 Å². The summed E-state index contributed by atoms with van der Waals surface area (Å²) in [6, 6.07) is 6.28. The topological polar surface area (TPSA) is 32.8 Å². The molecule has 1 aromatic rings. The summed E-state index contributed by atoms with van der Waals surface area (Å²) in [5.74, 6) is 0. The Morgan fingerprint density at radius 3 is 2.58 bits per heavy atom. The minimum Gasteiger partial charge on any atom is -0.443 e. The van der Waals surface area contributed by atoms with Crippen LogP contribution in [0.2, 0.25) is 0 Å². The maximum atomic E-state index is 12.0. The first-order valence-corrected chi connectivity index (χ1v) is 6.57. The molecule has 0 radical (unpaired) electrons. The summed E-state index contributed by atoms with van der Waals surface area (Å²) < 4.78 is 5.39. The van der Waals surface area contributed by atoms with Gasteiger partial charge in [-0.2, -0.15) is 0 Å². The summed E-state index contributed by atoms with van der Waals surface area (Å²) in [6.07, 6.45) is -0.307. The van der Waals surface area contributed by atoms with Gasteiger partial charge in [-0.1, -0.05) is 18.2 Å². The predicted molar refractivity (Wildman–Crippen MR) is 74.4 cm³/mol. The molecule has 2 rings (SSSR count). The van der Waals surface area contributed by atoms with Crippen LogP contribution in [0, 0.1) is 6.92 Å². The van der Waals surface area contributed by atoms with Crippen LogP contribution in [-0.4, -0.2) is 28.8 Å². The average Bonchev–Trinajstić information content (AvgIpc) is 2.71. The molecule has 0 saturated carbocycles. The SMILES string of the molecule is Cc1cccc2c1CN(N(C)C(=O)OC(C)(C)C)C2. The van der Waals surface area contributed by atoms with Crippen LogP contribution in [-0.2, 0) is 17.8 Å². The van der Waals surface area contributed by atoms with Gasteiger partial charge in [0.05, 0.1) is 0 Å². The standard InChI is InChI=1S/C15H22N2O2/c1-11-7-6-8-12-9-17(10-13(11)12)16(5)14(18)19-15(2,3)4/h6-8H,9-10H2,1-5H3. The van der Waals surface area contributed by atoms with E-state index in [1.54, 1.807) is 12.1 Å². The Bertz CT molecular complexity index is 491. The maximum Gasteiger partial charge on any atom is 0.424 e. The Hall–Kier alpha value is -1.55. The van der Waals surface area contributed by atoms with Crippen LogP contribution in [0.5, 0.6) is 0 Å². The Morgan fingerprint density at radius 2 is 2.00 bits per heavy atom. The molecule has 1 aliphatic rings. The summed E-state index contributed by atoms with van der Waals surface area (Å²) in [6.45, 7) is 9.26. The smallest absolute Gasteiger partial charge is 0.424 e. The van der Waals surface area contributed by atoms with Gasteiger partial charge in [-0.25, -0.2) is 14.8 Å². The highest BCUT2D eigenvalue weighted by Gasteiger charge is 2.28. The first-order chi connectivity index (χ1) is 8.78. The number of hydrogen-bond donors (Lipinski definition) is 0. The fourth-order valence-corrected chi connectivity index (χ4v) is 2.23. The molecule has 0 fully saturated rings. The van der Waals surface area contributed by atoms with E-state index in [4.69, 9.17) is 4.74 Å². The fraction of sp³-hybridized carbons (Fsp3) is 0.533. The Labute approximate surface area is 114 Å². The van der Waals surface area contributed by atoms with Crippen molar-refractivity contribution in [1.82, 2.24) is 10.0 Å². The number of carbonyl (C=O) groups excluding carboxylic acids is 1. The molecule has 0 spiro atoms. The van der Waals surface area contributed by atoms with Crippen LogP contribution in [0.15, 0.2) is 18.2 Å². The van der Waals surface area contributed by atoms with E-state index in [-0.39, 0.29) is 6.09 Å². The highest BCUT2D eigenvalue weighted by Crippen LogP contribution is 2.26. The molecule has 1 aliphatic heterocycles. The van der Waals surface area contributed by atoms with Crippen LogP contribution < -0.4 is 0 Å². The molecule has 0 aliphatic carbocycles. The van der Waals surface area contributed by atoms with Gasteiger partial charge in [0.15, 0.2) is 0 Å². The van der Waals surface area contributed by atoms with Crippen molar-refractivity contribution in [3.8, 4) is 0 Å². The summed E-state index contributed by atoms with van der Waals surface area (Å²) in [4.78, 5) is 12.0. The number of fused-ring (bicyclic) bond motifs is 1. The molecule has 0 N–H and O–H groups in total. The van der Waals surface area contributed by atoms with Gasteiger partial charge < -0.3 is 4.74 Å². The van der Waals surface area contributed by atoms with Crippen molar-refractivity contribution >= 4 is 6.09 Å². The van der Waals surface area contributed by atoms with E-state index in [0.29, 0.717) is 0 Å². The lowest BCUT2D eigenvalue weighted by Crippen LogP contribution is -2.43. The molecular weight excluding hydrogens is 240 g/mol. The normalized spacial score (nSPS) is 15.2. The van der Waals surface area contributed by atoms with E-state index in [2.05, 4.69) is 25.1 Å². The zero-order valence-corrected chi connectivity index (χ0v) is 12.4. The number of hydrazine groups is 1. The zero-order valence-electron chi connectivity index (χ0n) is 12.4. The van der Waals surface area contributed by atoms with Gasteiger partial charge in [-0.3, -0.25) is 0 Å². The van der Waals surface area contributed by atoms with Crippen molar-refractivity contribution in [2.24, 2.45) is 0 Å². The lowest BCUT2D eigenvalue weighted by molar-refractivity contribution is -0.0403. The second kappa shape index (κ2) is 4.85. The molecule has 1 aromatic carbocycles. The molecule has 4 heteroatoms. The van der Waals surface area contributed by atoms with Gasteiger partial charge in [0.2, 0.25) is 0 Å². The molecule has 1 amide bonds. The Balaban J connectivity index is 2.06. The average molecular weight is 262 g/mol. The number of aryl methyl sites for hydroxylation is 1. The maximum absolute atomic E-state index is 12.0. The third kappa shape index (κ3) is 3.07. The molecule has 0 unspecified atom stereocenters. The third-order valence-corrected chi connectivity index (χ3v) is 3.28. The number of rotatable bonds is 1. The van der Waals surface area contributed by atoms with Crippen LogP contribution in [0.1, 0.15) is 37.5 Å². The van der Waals surface area contributed by atoms with E-state index in [9.17, 15) is 4.79 Å². The van der Waals surface area contributed by atoms with Crippen molar-refractivity contribution in [3.05, 3.63) is 34.9 Å². The highest BCUT2D eigenvalue weighted by molar-refractivity contribution is 5.67. The number of benzene rings is 1. The third-order valence-electron chi connectivity index (χ3n) is 3.28. The molecule has 0 bridgehead atoms. The fourth-order valence-electron chi connectivity index (χ4n) is 2.23. The van der Waals surface area contributed by atoms with E-state index in [1.807, 2.05) is 25.8 Å². The van der Waals surface area contributed by atoms with Gasteiger partial charge in [0.1, 0.15) is 5.60 Å². The first-order valence-electron chi connectivity index (χ1n) is 6.57. The first kappa shape index (κ1) is 13.9. The van der Waals surface area contributed by atoms with E-state index in [0.717, 1.165) is 13.1 Å². The lowest BCUT2D eigenvalue weighted by atomic mass is 10.1. The van der Waals surface area contributed by atoms with E-state index >= 15 is 0 Å². The van der Waals surface area contributed by atoms with Gasteiger partial charge in [-0.05, 0) is 44.4 Å². The van der Waals surface area contributed by atoms with Crippen LogP contribution in [0.3, 0.4) is 0 Å². The van der Waals surface area contributed by atoms with Gasteiger partial charge >= 0.3 is 6.09 Å². The van der Waals surface area contributed by atoms with Crippen molar-refractivity contribution in [2.75, 3.05) is 7.05 Å². The second-order valence-electron chi connectivity index (χ2n) is 6.04. The van der Waals surface area contributed by atoms with Gasteiger partial charge in [0.25, 0.3) is 0 Å². The quantitative estimate of drug-likeness (QED) is 0.779. The molecular formula is C15H22N2O2. The number of ether oxygens (including phenoxy) is 1. The lowest BCUT2D eigenvalue weighted by Gasteiger charge is -2.30. The summed E-state index contributed by atoms with van der Waals surface area (Å²) in [5.41, 5.74) is 3.42. The summed E-state index contributed by atoms with van der Waals surface area (Å²) in [5, 5.41) is 3.58. The summed E-state index contributed by atoms with van der Waals surface area (Å²) >= 11 is 0. The van der Waals surface area contributed by atoms with Crippen LogP contribution in [0.25, 0.3) is 0 Å². The number of carbonyl (C=O) groups is 1. The van der Waals surface area contributed by atoms with Crippen molar-refractivity contribution < 1.29 is 9.53 Å². The highest BCUT2D eigenvalue weighted by atomic mass is 16.6. The molecule has 104 valence electrons. The number of hydrogen-bond acceptors (Lipinski definition) is 3. The van der Waals surface area contributed by atoms with Crippen molar-refractivity contribution in [2.45, 2.75) is 46.4 Å². The molecule has 19 heavy (non-hydrogen) atoms.